The Morgan fingerprint density at radius 2 is 2.11 bits per heavy atom. The minimum atomic E-state index is -0.446. The summed E-state index contributed by atoms with van der Waals surface area (Å²) in [6.45, 7) is 8.21. The number of anilines is 1. The quantitative estimate of drug-likeness (QED) is 0.647. The zero-order valence-corrected chi connectivity index (χ0v) is 11.3. The molecule has 0 aromatic carbocycles. The lowest BCUT2D eigenvalue weighted by Gasteiger charge is -2.18. The molecule has 2 unspecified atom stereocenters. The van der Waals surface area contributed by atoms with Gasteiger partial charge in [-0.05, 0) is 31.1 Å². The zero-order valence-electron chi connectivity index (χ0n) is 11.3. The number of nitrogens with zero attached hydrogens (tertiary/aromatic N) is 3. The molecule has 6 heteroatoms. The monoisotopic (exact) mass is 252 g/mol. The van der Waals surface area contributed by atoms with Crippen molar-refractivity contribution in [3.05, 3.63) is 15.8 Å². The summed E-state index contributed by atoms with van der Waals surface area (Å²) in [5.74, 6) is 0.619. The molecule has 2 N–H and O–H groups in total. The van der Waals surface area contributed by atoms with Crippen molar-refractivity contribution in [2.45, 2.75) is 46.6 Å². The van der Waals surface area contributed by atoms with Crippen LogP contribution in [0.3, 0.4) is 0 Å². The van der Waals surface area contributed by atoms with Crippen molar-refractivity contribution in [3.8, 4) is 0 Å². The van der Waals surface area contributed by atoms with Crippen molar-refractivity contribution in [2.24, 2.45) is 11.3 Å². The van der Waals surface area contributed by atoms with Crippen molar-refractivity contribution in [1.29, 1.82) is 0 Å². The van der Waals surface area contributed by atoms with Crippen LogP contribution in [0.5, 0.6) is 0 Å². The van der Waals surface area contributed by atoms with Gasteiger partial charge in [-0.1, -0.05) is 20.8 Å². The molecule has 18 heavy (non-hydrogen) atoms. The van der Waals surface area contributed by atoms with Gasteiger partial charge < -0.3 is 5.73 Å². The smallest absolute Gasteiger partial charge is 0.333 e. The topological polar surface area (TPSA) is 87.0 Å². The van der Waals surface area contributed by atoms with Crippen LogP contribution in [0, 0.1) is 28.4 Å². The van der Waals surface area contributed by atoms with Crippen molar-refractivity contribution < 1.29 is 4.92 Å². The molecule has 0 spiro atoms. The van der Waals surface area contributed by atoms with Gasteiger partial charge in [-0.25, -0.2) is 4.68 Å². The first-order valence-electron chi connectivity index (χ1n) is 6.22. The van der Waals surface area contributed by atoms with E-state index in [2.05, 4.69) is 25.9 Å². The van der Waals surface area contributed by atoms with Gasteiger partial charge in [0.05, 0.1) is 11.0 Å². The fourth-order valence-electron chi connectivity index (χ4n) is 3.22. The van der Waals surface area contributed by atoms with Crippen molar-refractivity contribution >= 4 is 11.5 Å². The van der Waals surface area contributed by atoms with Gasteiger partial charge in [-0.3, -0.25) is 10.1 Å². The Labute approximate surface area is 106 Å². The number of nitro groups is 1. The van der Waals surface area contributed by atoms with Crippen LogP contribution in [0.15, 0.2) is 0 Å². The molecule has 1 fully saturated rings. The molecule has 0 aliphatic heterocycles. The molecule has 2 atom stereocenters. The van der Waals surface area contributed by atoms with E-state index in [-0.39, 0.29) is 23.0 Å². The Morgan fingerprint density at radius 3 is 2.50 bits per heavy atom. The van der Waals surface area contributed by atoms with Crippen molar-refractivity contribution in [1.82, 2.24) is 9.78 Å². The number of nitrogen functional groups attached to an aromatic ring is 1. The second kappa shape index (κ2) is 3.96. The third-order valence-corrected chi connectivity index (χ3v) is 3.88. The molecule has 1 aromatic rings. The molecular weight excluding hydrogens is 232 g/mol. The molecule has 2 rings (SSSR count). The second-order valence-electron chi connectivity index (χ2n) is 6.14. The van der Waals surface area contributed by atoms with Crippen LogP contribution < -0.4 is 5.73 Å². The van der Waals surface area contributed by atoms with Crippen molar-refractivity contribution in [2.75, 3.05) is 5.73 Å². The third kappa shape index (κ3) is 1.95. The highest BCUT2D eigenvalue weighted by atomic mass is 16.6. The summed E-state index contributed by atoms with van der Waals surface area (Å²) in [5.41, 5.74) is 6.48. The van der Waals surface area contributed by atoms with Crippen LogP contribution in [-0.2, 0) is 0 Å². The largest absolute Gasteiger partial charge is 0.378 e. The summed E-state index contributed by atoms with van der Waals surface area (Å²) in [4.78, 5) is 10.5. The van der Waals surface area contributed by atoms with Crippen LogP contribution in [-0.4, -0.2) is 14.7 Å². The first kappa shape index (κ1) is 12.9. The highest BCUT2D eigenvalue weighted by molar-refractivity contribution is 5.56. The fraction of sp³-hybridized carbons (Fsp3) is 0.750. The molecular formula is C12H20N4O2. The van der Waals surface area contributed by atoms with E-state index in [1.807, 2.05) is 0 Å². The molecule has 0 amide bonds. The van der Waals surface area contributed by atoms with E-state index >= 15 is 0 Å². The first-order valence-corrected chi connectivity index (χ1v) is 6.22. The highest BCUT2D eigenvalue weighted by Crippen LogP contribution is 2.48. The molecule has 1 aliphatic carbocycles. The van der Waals surface area contributed by atoms with Gasteiger partial charge in [0.1, 0.15) is 5.69 Å². The molecule has 1 heterocycles. The average molecular weight is 252 g/mol. The van der Waals surface area contributed by atoms with Crippen molar-refractivity contribution in [3.63, 3.8) is 0 Å². The average Bonchev–Trinajstić information content (AvgIpc) is 2.63. The maximum absolute atomic E-state index is 11.0. The standard InChI is InChI=1S/C12H20N4O2/c1-7-5-12(3,4)6-9(7)15-11(13)10(16(17)18)8(2)14-15/h7,9H,5-6,13H2,1-4H3. The minimum absolute atomic E-state index is 0.0492. The fourth-order valence-corrected chi connectivity index (χ4v) is 3.22. The Bertz CT molecular complexity index is 493. The van der Waals surface area contributed by atoms with Crippen LogP contribution in [0.4, 0.5) is 11.5 Å². The molecule has 0 bridgehead atoms. The van der Waals surface area contributed by atoms with Gasteiger partial charge in [0.25, 0.3) is 0 Å². The summed E-state index contributed by atoms with van der Waals surface area (Å²) < 4.78 is 1.66. The van der Waals surface area contributed by atoms with Crippen LogP contribution >= 0.6 is 0 Å². The second-order valence-corrected chi connectivity index (χ2v) is 6.14. The van der Waals surface area contributed by atoms with Crippen LogP contribution in [0.2, 0.25) is 0 Å². The third-order valence-electron chi connectivity index (χ3n) is 3.88. The number of hydrogen-bond donors (Lipinski definition) is 1. The number of aromatic nitrogens is 2. The van der Waals surface area contributed by atoms with Gasteiger partial charge >= 0.3 is 5.69 Å². The molecule has 1 aliphatic rings. The Kier molecular flexibility index (Phi) is 2.83. The van der Waals surface area contributed by atoms with E-state index in [4.69, 9.17) is 5.73 Å². The highest BCUT2D eigenvalue weighted by Gasteiger charge is 2.40. The Balaban J connectivity index is 2.41. The predicted octanol–water partition coefficient (Wildman–Crippen LogP) is 2.68. The van der Waals surface area contributed by atoms with Gasteiger partial charge in [-0.15, -0.1) is 0 Å². The first-order chi connectivity index (χ1) is 8.23. The maximum atomic E-state index is 11.0. The Morgan fingerprint density at radius 1 is 1.50 bits per heavy atom. The van der Waals surface area contributed by atoms with E-state index in [0.29, 0.717) is 11.6 Å². The van der Waals surface area contributed by atoms with E-state index in [1.54, 1.807) is 11.6 Å². The summed E-state index contributed by atoms with van der Waals surface area (Å²) in [6.07, 6.45) is 2.04. The zero-order chi connectivity index (χ0) is 13.7. The maximum Gasteiger partial charge on any atom is 0.333 e. The summed E-state index contributed by atoms with van der Waals surface area (Å²) >= 11 is 0. The predicted molar refractivity (Wildman–Crippen MR) is 69.2 cm³/mol. The molecule has 6 nitrogen and oxygen atoms in total. The summed E-state index contributed by atoms with van der Waals surface area (Å²) in [5, 5.41) is 15.2. The molecule has 0 saturated heterocycles. The lowest BCUT2D eigenvalue weighted by atomic mass is 9.91. The number of aryl methyl sites for hydroxylation is 1. The van der Waals surface area contributed by atoms with Gasteiger partial charge in [0, 0.05) is 0 Å². The minimum Gasteiger partial charge on any atom is -0.378 e. The molecule has 100 valence electrons. The summed E-state index contributed by atoms with van der Waals surface area (Å²) in [6, 6.07) is 0.160. The van der Waals surface area contributed by atoms with E-state index in [9.17, 15) is 10.1 Å². The number of rotatable bonds is 2. The van der Waals surface area contributed by atoms with E-state index < -0.39 is 4.92 Å². The van der Waals surface area contributed by atoms with Gasteiger partial charge in [-0.2, -0.15) is 5.10 Å². The molecule has 1 saturated carbocycles. The number of hydrogen-bond acceptors (Lipinski definition) is 4. The van der Waals surface area contributed by atoms with Gasteiger partial charge in [0.2, 0.25) is 5.82 Å². The lowest BCUT2D eigenvalue weighted by molar-refractivity contribution is -0.384. The molecule has 0 radical (unpaired) electrons. The lowest BCUT2D eigenvalue weighted by Crippen LogP contribution is -2.16. The van der Waals surface area contributed by atoms with Crippen LogP contribution in [0.1, 0.15) is 45.3 Å². The van der Waals surface area contributed by atoms with E-state index in [1.165, 1.54) is 0 Å². The summed E-state index contributed by atoms with van der Waals surface area (Å²) in [7, 11) is 0. The van der Waals surface area contributed by atoms with Gasteiger partial charge in [0.15, 0.2) is 0 Å². The van der Waals surface area contributed by atoms with Crippen LogP contribution in [0.25, 0.3) is 0 Å². The SMILES string of the molecule is Cc1nn(C2CC(C)(C)CC2C)c(N)c1[N+](=O)[O-]. The normalized spacial score (nSPS) is 26.4. The number of nitrogens with two attached hydrogens (primary N) is 1. The Hall–Kier alpha value is -1.59. The van der Waals surface area contributed by atoms with E-state index in [0.717, 1.165) is 12.8 Å². The molecule has 1 aromatic heterocycles.